The van der Waals surface area contributed by atoms with Crippen molar-refractivity contribution in [2.45, 2.75) is 48.8 Å². The summed E-state index contributed by atoms with van der Waals surface area (Å²) >= 11 is 7.10. The van der Waals surface area contributed by atoms with Gasteiger partial charge in [-0.2, -0.15) is 0 Å². The lowest BCUT2D eigenvalue weighted by Crippen LogP contribution is -2.57. The number of carbonyl (C=O) groups excluding carboxylic acids is 2. The van der Waals surface area contributed by atoms with E-state index in [0.717, 1.165) is 16.0 Å². The van der Waals surface area contributed by atoms with Crippen molar-refractivity contribution in [3.63, 3.8) is 0 Å². The molecule has 8 rings (SSSR count). The number of halogens is 1. The molecule has 0 aliphatic carbocycles. The number of carbonyl (C=O) groups is 2. The number of amides is 1. The van der Waals surface area contributed by atoms with Crippen molar-refractivity contribution >= 4 is 33.3 Å². The lowest BCUT2D eigenvalue weighted by Gasteiger charge is -2.37. The van der Waals surface area contributed by atoms with E-state index in [0.29, 0.717) is 33.9 Å². The number of sulfone groups is 1. The van der Waals surface area contributed by atoms with Gasteiger partial charge in [0.15, 0.2) is 39.2 Å². The maximum Gasteiger partial charge on any atom is 0.331 e. The number of aromatic nitrogens is 1. The maximum atomic E-state index is 14.4. The molecule has 1 aromatic heterocycles. The van der Waals surface area contributed by atoms with Crippen LogP contribution in [0.5, 0.6) is 23.0 Å². The number of hydrogen-bond acceptors (Lipinski definition) is 11. The summed E-state index contributed by atoms with van der Waals surface area (Å²) in [5.41, 5.74) is 3.25. The molecule has 0 radical (unpaired) electrons. The Balaban J connectivity index is 1.14. The number of ether oxygens (including phenoxy) is 5. The first-order valence-corrected chi connectivity index (χ1v) is 20.6. The van der Waals surface area contributed by atoms with Crippen molar-refractivity contribution in [1.82, 2.24) is 10.1 Å². The van der Waals surface area contributed by atoms with E-state index in [4.69, 9.17) is 39.8 Å². The standard InChI is InChI=1S/C45H39ClN2O10S/c1-45(43(48-38(49)25-39(48)59(45,51)52)44(50)57-41(30-10-6-4-7-11-30)31-12-8-5-9-13-31)37-24-36(58-47-37)34-22-23-35(55-26-28-14-18-32(53-2)19-15-28)42(40(34)46)56-27-29-16-20-33(54-3)21-17-29/h4-24,39,41,43H,25-27H2,1-3H3. The van der Waals surface area contributed by atoms with Crippen LogP contribution in [0.2, 0.25) is 5.02 Å². The van der Waals surface area contributed by atoms with Crippen LogP contribution in [0.15, 0.2) is 132 Å². The first-order valence-electron chi connectivity index (χ1n) is 18.7. The highest BCUT2D eigenvalue weighted by Crippen LogP contribution is 2.53. The molecule has 1 amide bonds. The quantitative estimate of drug-likeness (QED) is 0.0776. The van der Waals surface area contributed by atoms with Gasteiger partial charge in [-0.1, -0.05) is 102 Å². The Morgan fingerprint density at radius 3 is 1.93 bits per heavy atom. The summed E-state index contributed by atoms with van der Waals surface area (Å²) in [4.78, 5) is 28.7. The summed E-state index contributed by atoms with van der Waals surface area (Å²) in [5, 5.41) is 3.10. The summed E-state index contributed by atoms with van der Waals surface area (Å²) in [5.74, 6) is 0.638. The van der Waals surface area contributed by atoms with E-state index >= 15 is 0 Å². The van der Waals surface area contributed by atoms with Crippen LogP contribution in [0.25, 0.3) is 11.3 Å². The molecule has 3 atom stereocenters. The fourth-order valence-electron chi connectivity index (χ4n) is 7.44. The molecule has 14 heteroatoms. The zero-order valence-electron chi connectivity index (χ0n) is 32.2. The molecule has 0 saturated carbocycles. The fraction of sp³-hybridized carbons (Fsp3) is 0.222. The molecule has 2 fully saturated rings. The van der Waals surface area contributed by atoms with Crippen LogP contribution in [0, 0.1) is 0 Å². The maximum absolute atomic E-state index is 14.4. The van der Waals surface area contributed by atoms with Crippen molar-refractivity contribution in [3.05, 3.63) is 160 Å². The predicted molar refractivity (Wildman–Crippen MR) is 218 cm³/mol. The number of methoxy groups -OCH3 is 2. The summed E-state index contributed by atoms with van der Waals surface area (Å²) in [6, 6.07) is 36.1. The van der Waals surface area contributed by atoms with E-state index in [1.54, 1.807) is 26.4 Å². The SMILES string of the molecule is COc1ccc(COc2ccc(-c3cc(C4(C)C(C(=O)OC(c5ccccc5)c5ccccc5)N5C(=O)CC5S4(=O)=O)no3)c(Cl)c2OCc2ccc(OC)cc2)cc1. The minimum absolute atomic E-state index is 0.0933. The minimum Gasteiger partial charge on any atom is -0.497 e. The lowest BCUT2D eigenvalue weighted by atomic mass is 9.92. The monoisotopic (exact) mass is 834 g/mol. The van der Waals surface area contributed by atoms with Gasteiger partial charge in [0.05, 0.1) is 25.7 Å². The highest BCUT2D eigenvalue weighted by molar-refractivity contribution is 7.93. The van der Waals surface area contributed by atoms with Gasteiger partial charge in [-0.3, -0.25) is 4.79 Å². The smallest absolute Gasteiger partial charge is 0.331 e. The third kappa shape index (κ3) is 7.25. The number of fused-ring (bicyclic) bond motifs is 1. The molecule has 2 saturated heterocycles. The summed E-state index contributed by atoms with van der Waals surface area (Å²) in [6.45, 7) is 1.68. The van der Waals surface area contributed by atoms with Crippen LogP contribution < -0.4 is 18.9 Å². The van der Waals surface area contributed by atoms with E-state index in [9.17, 15) is 18.0 Å². The molecule has 5 aromatic carbocycles. The summed E-state index contributed by atoms with van der Waals surface area (Å²) < 4.78 is 61.8. The van der Waals surface area contributed by atoms with Gasteiger partial charge in [-0.15, -0.1) is 0 Å². The first kappa shape index (κ1) is 39.5. The van der Waals surface area contributed by atoms with Crippen LogP contribution >= 0.6 is 11.6 Å². The van der Waals surface area contributed by atoms with Crippen molar-refractivity contribution in [1.29, 1.82) is 0 Å². The lowest BCUT2D eigenvalue weighted by molar-refractivity contribution is -0.164. The highest BCUT2D eigenvalue weighted by atomic mass is 35.5. The summed E-state index contributed by atoms with van der Waals surface area (Å²) in [6.07, 6.45) is -1.16. The Morgan fingerprint density at radius 2 is 1.39 bits per heavy atom. The molecule has 3 unspecified atom stereocenters. The number of benzene rings is 5. The molecule has 3 heterocycles. The van der Waals surface area contributed by atoms with Crippen molar-refractivity contribution < 1.29 is 46.2 Å². The van der Waals surface area contributed by atoms with E-state index < -0.39 is 44.0 Å². The Bertz CT molecular complexity index is 2550. The molecule has 0 bridgehead atoms. The summed E-state index contributed by atoms with van der Waals surface area (Å²) in [7, 11) is -1.08. The predicted octanol–water partition coefficient (Wildman–Crippen LogP) is 8.07. The van der Waals surface area contributed by atoms with Gasteiger partial charge >= 0.3 is 5.97 Å². The second-order valence-electron chi connectivity index (χ2n) is 14.3. The third-order valence-corrected chi connectivity index (χ3v) is 13.9. The molecule has 0 spiro atoms. The Labute approximate surface area is 346 Å². The molecule has 59 heavy (non-hydrogen) atoms. The van der Waals surface area contributed by atoms with E-state index in [-0.39, 0.29) is 41.9 Å². The van der Waals surface area contributed by atoms with Crippen LogP contribution in [-0.2, 0) is 42.1 Å². The molecule has 6 aromatic rings. The largest absolute Gasteiger partial charge is 0.497 e. The van der Waals surface area contributed by atoms with Crippen molar-refractivity contribution in [2.75, 3.05) is 14.2 Å². The Hall–Kier alpha value is -6.31. The number of nitrogens with zero attached hydrogens (tertiary/aromatic N) is 2. The topological polar surface area (TPSA) is 144 Å². The number of rotatable bonds is 14. The second kappa shape index (κ2) is 16.1. The molecular formula is C45H39ClN2O10S. The highest BCUT2D eigenvalue weighted by Gasteiger charge is 2.72. The number of esters is 1. The van der Waals surface area contributed by atoms with Crippen molar-refractivity contribution in [3.8, 4) is 34.3 Å². The van der Waals surface area contributed by atoms with E-state index in [2.05, 4.69) is 5.16 Å². The molecular weight excluding hydrogens is 796 g/mol. The fourth-order valence-corrected chi connectivity index (χ4v) is 10.1. The van der Waals surface area contributed by atoms with Crippen LogP contribution in [0.1, 0.15) is 47.4 Å². The van der Waals surface area contributed by atoms with E-state index in [1.807, 2.05) is 109 Å². The molecule has 2 aliphatic heterocycles. The first-order chi connectivity index (χ1) is 28.5. The van der Waals surface area contributed by atoms with Crippen LogP contribution in [0.3, 0.4) is 0 Å². The van der Waals surface area contributed by atoms with Gasteiger partial charge in [0.1, 0.15) is 40.5 Å². The zero-order chi connectivity index (χ0) is 41.3. The molecule has 0 N–H and O–H groups in total. The van der Waals surface area contributed by atoms with Gasteiger partial charge in [0.2, 0.25) is 5.91 Å². The number of hydrogen-bond donors (Lipinski definition) is 0. The average molecular weight is 835 g/mol. The van der Waals surface area contributed by atoms with E-state index in [1.165, 1.54) is 13.0 Å². The average Bonchev–Trinajstić information content (AvgIpc) is 3.81. The zero-order valence-corrected chi connectivity index (χ0v) is 33.8. The minimum atomic E-state index is -4.26. The van der Waals surface area contributed by atoms with Crippen molar-refractivity contribution in [2.24, 2.45) is 0 Å². The normalized spacial score (nSPS) is 19.1. The van der Waals surface area contributed by atoms with Gasteiger partial charge in [-0.05, 0) is 65.6 Å². The molecule has 302 valence electrons. The Kier molecular flexibility index (Phi) is 10.8. The number of β-lactam (4-membered cyclic amide) rings is 1. The van der Waals surface area contributed by atoms with Gasteiger partial charge < -0.3 is 33.1 Å². The van der Waals surface area contributed by atoms with Gasteiger partial charge in [0, 0.05) is 11.6 Å². The van der Waals surface area contributed by atoms with Crippen LogP contribution in [-0.4, -0.2) is 56.0 Å². The Morgan fingerprint density at radius 1 is 0.831 bits per heavy atom. The molecule has 2 aliphatic rings. The van der Waals surface area contributed by atoms with Gasteiger partial charge in [0.25, 0.3) is 0 Å². The second-order valence-corrected chi connectivity index (χ2v) is 17.1. The van der Waals surface area contributed by atoms with Gasteiger partial charge in [-0.25, -0.2) is 13.2 Å². The molecule has 12 nitrogen and oxygen atoms in total. The third-order valence-electron chi connectivity index (χ3n) is 10.8. The van der Waals surface area contributed by atoms with Crippen LogP contribution in [0.4, 0.5) is 0 Å².